The van der Waals surface area contributed by atoms with Crippen molar-refractivity contribution >= 4 is 0 Å². The van der Waals surface area contributed by atoms with Crippen molar-refractivity contribution < 1.29 is 9.84 Å². The van der Waals surface area contributed by atoms with Gasteiger partial charge in [0.05, 0.1) is 0 Å². The second-order valence-corrected chi connectivity index (χ2v) is 3.81. The summed E-state index contributed by atoms with van der Waals surface area (Å²) in [6.07, 6.45) is 2.04. The maximum absolute atomic E-state index is 8.07. The van der Waals surface area contributed by atoms with Crippen LogP contribution in [-0.4, -0.2) is 11.7 Å². The first-order valence-electron chi connectivity index (χ1n) is 6.25. The van der Waals surface area contributed by atoms with E-state index in [1.165, 1.54) is 0 Å². The summed E-state index contributed by atoms with van der Waals surface area (Å²) < 4.78 is 5.58. The summed E-state index contributed by atoms with van der Waals surface area (Å²) in [7, 11) is 0. The minimum Gasteiger partial charge on any atom is -0.457 e. The normalized spacial score (nSPS) is 9.22. The van der Waals surface area contributed by atoms with Gasteiger partial charge in [0.15, 0.2) is 0 Å². The van der Waals surface area contributed by atoms with Gasteiger partial charge in [-0.15, -0.1) is 0 Å². The van der Waals surface area contributed by atoms with E-state index >= 15 is 0 Å². The molecule has 0 spiro atoms. The summed E-state index contributed by atoms with van der Waals surface area (Å²) in [5, 5.41) is 8.07. The SMILES string of the molecule is CCCCO.c1ccc(Oc2ccccc2)cc1. The highest BCUT2D eigenvalue weighted by atomic mass is 16.5. The lowest BCUT2D eigenvalue weighted by atomic mass is 10.3. The molecule has 0 bridgehead atoms. The van der Waals surface area contributed by atoms with E-state index in [0.29, 0.717) is 6.61 Å². The topological polar surface area (TPSA) is 29.5 Å². The van der Waals surface area contributed by atoms with Crippen molar-refractivity contribution in [2.24, 2.45) is 0 Å². The van der Waals surface area contributed by atoms with E-state index in [1.807, 2.05) is 60.7 Å². The minimum atomic E-state index is 0.344. The zero-order valence-corrected chi connectivity index (χ0v) is 10.8. The molecule has 2 nitrogen and oxygen atoms in total. The Bertz CT molecular complexity index is 358. The summed E-state index contributed by atoms with van der Waals surface area (Å²) in [4.78, 5) is 0. The fraction of sp³-hybridized carbons (Fsp3) is 0.250. The van der Waals surface area contributed by atoms with Crippen LogP contribution < -0.4 is 4.74 Å². The molecule has 96 valence electrons. The Hall–Kier alpha value is -1.80. The molecule has 0 saturated heterocycles. The maximum Gasteiger partial charge on any atom is 0.127 e. The van der Waals surface area contributed by atoms with Crippen molar-refractivity contribution in [1.29, 1.82) is 0 Å². The highest BCUT2D eigenvalue weighted by Gasteiger charge is 1.92. The summed E-state index contributed by atoms with van der Waals surface area (Å²) in [6, 6.07) is 19.5. The number of ether oxygens (including phenoxy) is 1. The van der Waals surface area contributed by atoms with Crippen molar-refractivity contribution in [3.63, 3.8) is 0 Å². The quantitative estimate of drug-likeness (QED) is 0.870. The maximum atomic E-state index is 8.07. The third-order valence-electron chi connectivity index (χ3n) is 2.23. The number of unbranched alkanes of at least 4 members (excludes halogenated alkanes) is 1. The highest BCUT2D eigenvalue weighted by molar-refractivity contribution is 5.30. The predicted molar refractivity (Wildman–Crippen MR) is 75.0 cm³/mol. The van der Waals surface area contributed by atoms with Crippen molar-refractivity contribution in [2.75, 3.05) is 6.61 Å². The number of benzene rings is 2. The molecular formula is C16H20O2. The molecule has 0 fully saturated rings. The zero-order valence-electron chi connectivity index (χ0n) is 10.8. The monoisotopic (exact) mass is 244 g/mol. The summed E-state index contributed by atoms with van der Waals surface area (Å²) >= 11 is 0. The average molecular weight is 244 g/mol. The van der Waals surface area contributed by atoms with Crippen LogP contribution in [0.5, 0.6) is 11.5 Å². The van der Waals surface area contributed by atoms with E-state index < -0.39 is 0 Å². The predicted octanol–water partition coefficient (Wildman–Crippen LogP) is 4.26. The van der Waals surface area contributed by atoms with Gasteiger partial charge >= 0.3 is 0 Å². The lowest BCUT2D eigenvalue weighted by Gasteiger charge is -2.03. The van der Waals surface area contributed by atoms with Gasteiger partial charge in [0, 0.05) is 6.61 Å². The van der Waals surface area contributed by atoms with E-state index in [2.05, 4.69) is 6.92 Å². The first kappa shape index (κ1) is 14.3. The van der Waals surface area contributed by atoms with E-state index in [9.17, 15) is 0 Å². The molecule has 0 amide bonds. The number of rotatable bonds is 4. The first-order valence-corrected chi connectivity index (χ1v) is 6.25. The Balaban J connectivity index is 0.000000280. The van der Waals surface area contributed by atoms with Gasteiger partial charge in [-0.25, -0.2) is 0 Å². The largest absolute Gasteiger partial charge is 0.457 e. The van der Waals surface area contributed by atoms with Gasteiger partial charge in [-0.3, -0.25) is 0 Å². The molecule has 0 radical (unpaired) electrons. The molecule has 0 saturated carbocycles. The first-order chi connectivity index (χ1) is 8.86. The fourth-order valence-corrected chi connectivity index (χ4v) is 1.27. The van der Waals surface area contributed by atoms with Crippen LogP contribution in [0.15, 0.2) is 60.7 Å². The van der Waals surface area contributed by atoms with Gasteiger partial charge in [-0.05, 0) is 30.7 Å². The minimum absolute atomic E-state index is 0.344. The molecule has 2 aromatic rings. The molecule has 0 aromatic heterocycles. The molecule has 0 heterocycles. The number of hydrogen-bond donors (Lipinski definition) is 1. The Morgan fingerprint density at radius 2 is 1.28 bits per heavy atom. The van der Waals surface area contributed by atoms with Gasteiger partial charge in [0.1, 0.15) is 11.5 Å². The number of para-hydroxylation sites is 2. The van der Waals surface area contributed by atoms with Crippen LogP contribution in [-0.2, 0) is 0 Å². The molecule has 18 heavy (non-hydrogen) atoms. The van der Waals surface area contributed by atoms with Crippen LogP contribution in [0.1, 0.15) is 19.8 Å². The smallest absolute Gasteiger partial charge is 0.127 e. The molecule has 1 N–H and O–H groups in total. The Kier molecular flexibility index (Phi) is 7.33. The van der Waals surface area contributed by atoms with Crippen LogP contribution in [0, 0.1) is 0 Å². The summed E-state index contributed by atoms with van der Waals surface area (Å²) in [5.41, 5.74) is 0. The van der Waals surface area contributed by atoms with Gasteiger partial charge in [-0.1, -0.05) is 49.7 Å². The molecule has 0 aliphatic rings. The Morgan fingerprint density at radius 3 is 1.56 bits per heavy atom. The van der Waals surface area contributed by atoms with Gasteiger partial charge in [0.2, 0.25) is 0 Å². The number of hydrogen-bond acceptors (Lipinski definition) is 2. The number of aliphatic hydroxyl groups is 1. The van der Waals surface area contributed by atoms with Crippen LogP contribution in [0.4, 0.5) is 0 Å². The summed E-state index contributed by atoms with van der Waals surface area (Å²) in [6.45, 7) is 2.40. The molecule has 2 rings (SSSR count). The van der Waals surface area contributed by atoms with Gasteiger partial charge < -0.3 is 9.84 Å². The van der Waals surface area contributed by atoms with E-state index in [1.54, 1.807) is 0 Å². The third-order valence-corrected chi connectivity index (χ3v) is 2.23. The zero-order chi connectivity index (χ0) is 13.1. The van der Waals surface area contributed by atoms with E-state index in [0.717, 1.165) is 24.3 Å². The van der Waals surface area contributed by atoms with Crippen molar-refractivity contribution in [2.45, 2.75) is 19.8 Å². The molecule has 2 heteroatoms. The summed E-state index contributed by atoms with van der Waals surface area (Å²) in [5.74, 6) is 1.74. The molecule has 0 aliphatic heterocycles. The molecule has 0 unspecified atom stereocenters. The Morgan fingerprint density at radius 1 is 0.833 bits per heavy atom. The van der Waals surface area contributed by atoms with Crippen molar-refractivity contribution in [3.8, 4) is 11.5 Å². The average Bonchev–Trinajstić information content (AvgIpc) is 2.43. The molecular weight excluding hydrogens is 224 g/mol. The van der Waals surface area contributed by atoms with Crippen molar-refractivity contribution in [1.82, 2.24) is 0 Å². The van der Waals surface area contributed by atoms with Crippen LogP contribution in [0.3, 0.4) is 0 Å². The van der Waals surface area contributed by atoms with Crippen LogP contribution in [0.25, 0.3) is 0 Å². The van der Waals surface area contributed by atoms with Crippen LogP contribution >= 0.6 is 0 Å². The van der Waals surface area contributed by atoms with Gasteiger partial charge in [0.25, 0.3) is 0 Å². The fourth-order valence-electron chi connectivity index (χ4n) is 1.27. The van der Waals surface area contributed by atoms with E-state index in [4.69, 9.17) is 9.84 Å². The second kappa shape index (κ2) is 9.25. The Labute approximate surface area is 109 Å². The lowest BCUT2D eigenvalue weighted by molar-refractivity contribution is 0.287. The van der Waals surface area contributed by atoms with E-state index in [-0.39, 0.29) is 0 Å². The standard InChI is InChI=1S/C12H10O.C4H10O/c1-3-7-11(8-4-1)13-12-9-5-2-6-10-12;1-2-3-4-5/h1-10H;5H,2-4H2,1H3. The molecule has 0 aliphatic carbocycles. The van der Waals surface area contributed by atoms with Crippen molar-refractivity contribution in [3.05, 3.63) is 60.7 Å². The molecule has 2 aromatic carbocycles. The number of aliphatic hydroxyl groups excluding tert-OH is 1. The van der Waals surface area contributed by atoms with Gasteiger partial charge in [-0.2, -0.15) is 0 Å². The lowest BCUT2D eigenvalue weighted by Crippen LogP contribution is -1.81. The van der Waals surface area contributed by atoms with Crippen LogP contribution in [0.2, 0.25) is 0 Å². The third kappa shape index (κ3) is 6.06. The molecule has 0 atom stereocenters. The second-order valence-electron chi connectivity index (χ2n) is 3.81. The highest BCUT2D eigenvalue weighted by Crippen LogP contribution is 2.19.